The number of carbonyl (C=O) groups excluding carboxylic acids is 1. The monoisotopic (exact) mass is 658 g/mol. The van der Waals surface area contributed by atoms with Crippen LogP contribution in [-0.4, -0.2) is 53.3 Å². The minimum absolute atomic E-state index is 0.0287. The van der Waals surface area contributed by atoms with Gasteiger partial charge in [-0.05, 0) is 42.0 Å². The number of sulfonamides is 1. The lowest BCUT2D eigenvalue weighted by molar-refractivity contribution is 0.0587. The van der Waals surface area contributed by atoms with Crippen molar-refractivity contribution >= 4 is 54.2 Å². The maximum atomic E-state index is 15.6. The van der Waals surface area contributed by atoms with Gasteiger partial charge in [-0.3, -0.25) is 4.98 Å². The molecule has 1 unspecified atom stereocenters. The highest BCUT2D eigenvalue weighted by atomic mass is 79.9. The Morgan fingerprint density at radius 3 is 2.67 bits per heavy atom. The number of halogens is 2. The number of carbonyl (C=O) groups is 1. The number of aromatic nitrogens is 1. The van der Waals surface area contributed by atoms with Crippen LogP contribution in [0.1, 0.15) is 27.5 Å². The smallest absolute Gasteiger partial charge is 0.338 e. The number of ether oxygens (including phenoxy) is 3. The van der Waals surface area contributed by atoms with Crippen LogP contribution in [0, 0.1) is 5.82 Å². The van der Waals surface area contributed by atoms with Crippen LogP contribution in [0.25, 0.3) is 10.9 Å². The van der Waals surface area contributed by atoms with E-state index in [4.69, 9.17) is 14.2 Å². The number of rotatable bonds is 9. The molecule has 1 saturated heterocycles. The fourth-order valence-electron chi connectivity index (χ4n) is 4.78. The van der Waals surface area contributed by atoms with E-state index >= 15 is 4.39 Å². The molecule has 0 spiro atoms. The third kappa shape index (κ3) is 6.25. The number of anilines is 2. The lowest BCUT2D eigenvalue weighted by Gasteiger charge is -2.28. The molecule has 5 rings (SSSR count). The van der Waals surface area contributed by atoms with Crippen LogP contribution in [0.4, 0.5) is 15.8 Å². The van der Waals surface area contributed by atoms with Crippen LogP contribution < -0.4 is 20.1 Å². The van der Waals surface area contributed by atoms with E-state index in [2.05, 4.69) is 36.3 Å². The zero-order valence-electron chi connectivity index (χ0n) is 22.7. The first-order valence-electron chi connectivity index (χ1n) is 12.9. The Bertz CT molecular complexity index is 1730. The molecule has 1 aliphatic rings. The molecule has 1 aromatic heterocycles. The van der Waals surface area contributed by atoms with E-state index in [1.807, 2.05) is 0 Å². The predicted octanol–water partition coefficient (Wildman–Crippen LogP) is 4.81. The zero-order valence-corrected chi connectivity index (χ0v) is 25.1. The molecule has 4 aromatic rings. The molecule has 1 aliphatic heterocycles. The molecule has 0 radical (unpaired) electrons. The standard InChI is InChI=1S/C29H28BrFN4O6S/c1-39-19-8-6-17(7-9-19)14-34-42(37,38)25-15-33-23-13-18(30)12-21(31)27(23)28(25)35-22-5-3-4-20(29(36)40-2)26(22)24-16-41-11-10-32-24/h3-9,12-13,15,24,32,34H,10-11,14,16H2,1-2H3,(H,33,35). The van der Waals surface area contributed by atoms with Gasteiger partial charge in [-0.15, -0.1) is 0 Å². The summed E-state index contributed by atoms with van der Waals surface area (Å²) < 4.78 is 61.9. The number of nitrogens with one attached hydrogen (secondary N) is 3. The molecule has 220 valence electrons. The Kier molecular flexibility index (Phi) is 9.04. The average Bonchev–Trinajstić information content (AvgIpc) is 3.00. The van der Waals surface area contributed by atoms with Crippen molar-refractivity contribution < 1.29 is 31.8 Å². The van der Waals surface area contributed by atoms with Gasteiger partial charge in [-0.25, -0.2) is 22.3 Å². The Hall–Kier alpha value is -3.62. The molecule has 0 saturated carbocycles. The maximum absolute atomic E-state index is 15.6. The number of nitrogens with zero attached hydrogens (tertiary/aromatic N) is 1. The number of hydrogen-bond acceptors (Lipinski definition) is 9. The molecule has 13 heteroatoms. The molecule has 1 fully saturated rings. The summed E-state index contributed by atoms with van der Waals surface area (Å²) in [5.74, 6) is -0.632. The molecule has 3 aromatic carbocycles. The lowest BCUT2D eigenvalue weighted by atomic mass is 9.97. The molecule has 10 nitrogen and oxygen atoms in total. The first-order valence-corrected chi connectivity index (χ1v) is 15.2. The van der Waals surface area contributed by atoms with Crippen molar-refractivity contribution in [3.8, 4) is 5.75 Å². The summed E-state index contributed by atoms with van der Waals surface area (Å²) in [5.41, 5.74) is 2.02. The Morgan fingerprint density at radius 2 is 1.98 bits per heavy atom. The minimum atomic E-state index is -4.23. The van der Waals surface area contributed by atoms with Crippen LogP contribution in [0.3, 0.4) is 0 Å². The van der Waals surface area contributed by atoms with Crippen molar-refractivity contribution in [1.82, 2.24) is 15.0 Å². The molecule has 0 aliphatic carbocycles. The van der Waals surface area contributed by atoms with Gasteiger partial charge in [0.25, 0.3) is 0 Å². The summed E-state index contributed by atoms with van der Waals surface area (Å²) in [6.07, 6.45) is 1.18. The maximum Gasteiger partial charge on any atom is 0.338 e. The molecular weight excluding hydrogens is 631 g/mol. The summed E-state index contributed by atoms with van der Waals surface area (Å²) in [5, 5.41) is 6.44. The third-order valence-corrected chi connectivity index (χ3v) is 8.68. The van der Waals surface area contributed by atoms with Gasteiger partial charge in [0.15, 0.2) is 0 Å². The van der Waals surface area contributed by atoms with Crippen molar-refractivity contribution in [3.05, 3.63) is 87.8 Å². The van der Waals surface area contributed by atoms with E-state index in [-0.39, 0.29) is 40.2 Å². The zero-order chi connectivity index (χ0) is 29.9. The Labute approximate surface area is 250 Å². The quantitative estimate of drug-likeness (QED) is 0.217. The summed E-state index contributed by atoms with van der Waals surface area (Å²) in [4.78, 5) is 16.8. The van der Waals surface area contributed by atoms with E-state index in [0.717, 1.165) is 0 Å². The Morgan fingerprint density at radius 1 is 1.19 bits per heavy atom. The van der Waals surface area contributed by atoms with Crippen LogP contribution in [0.2, 0.25) is 0 Å². The van der Waals surface area contributed by atoms with Gasteiger partial charge >= 0.3 is 5.97 Å². The van der Waals surface area contributed by atoms with Gasteiger partial charge in [0, 0.05) is 35.0 Å². The van der Waals surface area contributed by atoms with Crippen LogP contribution >= 0.6 is 15.9 Å². The fraction of sp³-hybridized carbons (Fsp3) is 0.241. The summed E-state index contributed by atoms with van der Waals surface area (Å²) >= 11 is 3.28. The highest BCUT2D eigenvalue weighted by Gasteiger charge is 2.28. The topological polar surface area (TPSA) is 128 Å². The second-order valence-corrected chi connectivity index (χ2v) is 12.1. The van der Waals surface area contributed by atoms with Gasteiger partial charge in [0.1, 0.15) is 16.5 Å². The summed E-state index contributed by atoms with van der Waals surface area (Å²) in [7, 11) is -1.41. The van der Waals surface area contributed by atoms with E-state index < -0.39 is 27.9 Å². The first-order chi connectivity index (χ1) is 20.2. The highest BCUT2D eigenvalue weighted by Crippen LogP contribution is 2.38. The molecule has 0 bridgehead atoms. The number of benzene rings is 3. The first kappa shape index (κ1) is 29.9. The van der Waals surface area contributed by atoms with Gasteiger partial charge in [0.2, 0.25) is 10.0 Å². The number of fused-ring (bicyclic) bond motifs is 1. The second-order valence-electron chi connectivity index (χ2n) is 9.42. The summed E-state index contributed by atoms with van der Waals surface area (Å²) in [6.45, 7) is 1.26. The van der Waals surface area contributed by atoms with Crippen LogP contribution in [-0.2, 0) is 26.0 Å². The molecular formula is C29H28BrFN4O6S. The van der Waals surface area contributed by atoms with Gasteiger partial charge in [-0.1, -0.05) is 34.1 Å². The van der Waals surface area contributed by atoms with E-state index in [1.165, 1.54) is 19.4 Å². The third-order valence-electron chi connectivity index (χ3n) is 6.81. The van der Waals surface area contributed by atoms with Crippen molar-refractivity contribution in [2.24, 2.45) is 0 Å². The average molecular weight is 660 g/mol. The van der Waals surface area contributed by atoms with Crippen LogP contribution in [0.5, 0.6) is 5.75 Å². The van der Waals surface area contributed by atoms with E-state index in [0.29, 0.717) is 40.2 Å². The largest absolute Gasteiger partial charge is 0.497 e. The SMILES string of the molecule is COC(=O)c1cccc(Nc2c(S(=O)(=O)NCc3ccc(OC)cc3)cnc3cc(Br)cc(F)c23)c1C1COCCN1. The molecule has 42 heavy (non-hydrogen) atoms. The van der Waals surface area contributed by atoms with Gasteiger partial charge < -0.3 is 24.8 Å². The highest BCUT2D eigenvalue weighted by molar-refractivity contribution is 9.10. The van der Waals surface area contributed by atoms with Crippen molar-refractivity contribution in [1.29, 1.82) is 0 Å². The Balaban J connectivity index is 1.63. The van der Waals surface area contributed by atoms with E-state index in [1.54, 1.807) is 55.6 Å². The molecule has 1 atom stereocenters. The fourth-order valence-corrected chi connectivity index (χ4v) is 6.32. The second kappa shape index (κ2) is 12.7. The normalized spacial score (nSPS) is 15.4. The number of pyridine rings is 1. The summed E-state index contributed by atoms with van der Waals surface area (Å²) in [6, 6.07) is 14.2. The minimum Gasteiger partial charge on any atom is -0.497 e. The number of morpholine rings is 1. The van der Waals surface area contributed by atoms with Gasteiger partial charge in [-0.2, -0.15) is 0 Å². The number of esters is 1. The lowest BCUT2D eigenvalue weighted by Crippen LogP contribution is -2.36. The molecule has 3 N–H and O–H groups in total. The van der Waals surface area contributed by atoms with Crippen molar-refractivity contribution in [2.45, 2.75) is 17.5 Å². The predicted molar refractivity (Wildman–Crippen MR) is 159 cm³/mol. The van der Waals surface area contributed by atoms with Crippen molar-refractivity contribution in [2.75, 3.05) is 39.3 Å². The molecule has 0 amide bonds. The van der Waals surface area contributed by atoms with Gasteiger partial charge in [0.05, 0.1) is 55.6 Å². The number of methoxy groups -OCH3 is 2. The van der Waals surface area contributed by atoms with E-state index in [9.17, 15) is 13.2 Å². The number of hydrogen-bond donors (Lipinski definition) is 3. The molecule has 2 heterocycles. The van der Waals surface area contributed by atoms with Crippen molar-refractivity contribution in [3.63, 3.8) is 0 Å². The van der Waals surface area contributed by atoms with Crippen LogP contribution in [0.15, 0.2) is 70.2 Å².